The van der Waals surface area contributed by atoms with E-state index in [1.165, 1.54) is 17.1 Å². The van der Waals surface area contributed by atoms with Crippen LogP contribution in [0.4, 0.5) is 0 Å². The van der Waals surface area contributed by atoms with Crippen LogP contribution in [0.1, 0.15) is 19.3 Å². The van der Waals surface area contributed by atoms with Crippen LogP contribution in [0.5, 0.6) is 0 Å². The number of unbranched alkanes of at least 4 members (excludes halogenated alkanes) is 2. The lowest BCUT2D eigenvalue weighted by molar-refractivity contribution is 0.576. The van der Waals surface area contributed by atoms with E-state index in [-0.39, 0.29) is 4.90 Å². The summed E-state index contributed by atoms with van der Waals surface area (Å²) in [5, 5.41) is 3.84. The largest absolute Gasteiger partial charge is 0.274 e. The summed E-state index contributed by atoms with van der Waals surface area (Å²) >= 11 is 2.32. The Morgan fingerprint density at radius 2 is 2.19 bits per heavy atom. The predicted molar refractivity (Wildman–Crippen MR) is 71.1 cm³/mol. The van der Waals surface area contributed by atoms with E-state index in [9.17, 15) is 8.42 Å². The van der Waals surface area contributed by atoms with Crippen molar-refractivity contribution < 1.29 is 8.42 Å². The minimum Gasteiger partial charge on any atom is -0.274 e. The highest BCUT2D eigenvalue weighted by Gasteiger charge is 2.14. The number of nitrogens with zero attached hydrogens (tertiary/aromatic N) is 2. The van der Waals surface area contributed by atoms with Crippen molar-refractivity contribution in [1.82, 2.24) is 14.5 Å². The third kappa shape index (κ3) is 4.38. The van der Waals surface area contributed by atoms with Gasteiger partial charge in [0.1, 0.15) is 4.90 Å². The molecule has 0 unspecified atom stereocenters. The first-order valence-electron chi connectivity index (χ1n) is 5.10. The lowest BCUT2D eigenvalue weighted by Gasteiger charge is -2.03. The molecule has 0 saturated heterocycles. The number of alkyl halides is 1. The molecule has 0 aliphatic heterocycles. The normalized spacial score (nSPS) is 11.9. The first-order chi connectivity index (χ1) is 7.56. The zero-order valence-corrected chi connectivity index (χ0v) is 12.2. The van der Waals surface area contributed by atoms with Crippen LogP contribution >= 0.6 is 22.6 Å². The first kappa shape index (κ1) is 13.9. The summed E-state index contributed by atoms with van der Waals surface area (Å²) in [6.07, 6.45) is 5.91. The second-order valence-electron chi connectivity index (χ2n) is 3.50. The number of hydrogen-bond donors (Lipinski definition) is 1. The number of halogens is 1. The van der Waals surface area contributed by atoms with E-state index in [0.717, 1.165) is 23.7 Å². The van der Waals surface area contributed by atoms with Crippen molar-refractivity contribution in [2.45, 2.75) is 24.2 Å². The minimum absolute atomic E-state index is 0.226. The van der Waals surface area contributed by atoms with E-state index in [2.05, 4.69) is 32.4 Å². The maximum Gasteiger partial charge on any atom is 0.243 e. The highest BCUT2D eigenvalue weighted by molar-refractivity contribution is 14.1. The molecule has 1 N–H and O–H groups in total. The van der Waals surface area contributed by atoms with Gasteiger partial charge in [0.05, 0.1) is 6.20 Å². The van der Waals surface area contributed by atoms with Gasteiger partial charge >= 0.3 is 0 Å². The maximum atomic E-state index is 11.7. The zero-order chi connectivity index (χ0) is 12.0. The molecule has 1 aromatic rings. The minimum atomic E-state index is -3.36. The molecule has 0 spiro atoms. The summed E-state index contributed by atoms with van der Waals surface area (Å²) in [6.45, 7) is 0.494. The van der Waals surface area contributed by atoms with Gasteiger partial charge in [0.15, 0.2) is 0 Å². The van der Waals surface area contributed by atoms with Crippen molar-refractivity contribution in [1.29, 1.82) is 0 Å². The van der Waals surface area contributed by atoms with E-state index < -0.39 is 10.0 Å². The van der Waals surface area contributed by atoms with Gasteiger partial charge < -0.3 is 0 Å². The van der Waals surface area contributed by atoms with Crippen molar-refractivity contribution in [3.05, 3.63) is 12.4 Å². The number of sulfonamides is 1. The van der Waals surface area contributed by atoms with E-state index in [0.29, 0.717) is 6.54 Å². The molecule has 5 nitrogen and oxygen atoms in total. The fraction of sp³-hybridized carbons (Fsp3) is 0.667. The molecule has 0 saturated carbocycles. The molecule has 0 bridgehead atoms. The van der Waals surface area contributed by atoms with Crippen molar-refractivity contribution in [2.24, 2.45) is 7.05 Å². The summed E-state index contributed by atoms with van der Waals surface area (Å²) in [6, 6.07) is 0. The fourth-order valence-corrected chi connectivity index (χ4v) is 2.82. The van der Waals surface area contributed by atoms with Gasteiger partial charge in [-0.15, -0.1) is 0 Å². The van der Waals surface area contributed by atoms with Crippen LogP contribution < -0.4 is 4.72 Å². The van der Waals surface area contributed by atoms with Gasteiger partial charge in [-0.05, 0) is 17.3 Å². The van der Waals surface area contributed by atoms with Crippen LogP contribution in [-0.4, -0.2) is 29.2 Å². The van der Waals surface area contributed by atoms with E-state index in [4.69, 9.17) is 0 Å². The van der Waals surface area contributed by atoms with E-state index in [1.54, 1.807) is 7.05 Å². The molecule has 1 aromatic heterocycles. The Labute approximate surface area is 110 Å². The van der Waals surface area contributed by atoms with Gasteiger partial charge in [0.2, 0.25) is 10.0 Å². The second-order valence-corrected chi connectivity index (χ2v) is 6.34. The van der Waals surface area contributed by atoms with Crippen LogP contribution in [0, 0.1) is 0 Å². The van der Waals surface area contributed by atoms with Crippen LogP contribution in [0.2, 0.25) is 0 Å². The average Bonchev–Trinajstić information content (AvgIpc) is 2.65. The van der Waals surface area contributed by atoms with Gasteiger partial charge in [0.25, 0.3) is 0 Å². The van der Waals surface area contributed by atoms with E-state index in [1.807, 2.05) is 0 Å². The van der Waals surface area contributed by atoms with Gasteiger partial charge in [-0.25, -0.2) is 13.1 Å². The standard InChI is InChI=1S/C9H16IN3O2S/c1-13-8-9(7-11-13)16(14,15)12-6-4-2-3-5-10/h7-8,12H,2-6H2,1H3. The number of rotatable bonds is 7. The van der Waals surface area contributed by atoms with Crippen LogP contribution in [0.25, 0.3) is 0 Å². The molecule has 1 rings (SSSR count). The Bertz CT molecular complexity index is 416. The van der Waals surface area contributed by atoms with Crippen LogP contribution in [0.3, 0.4) is 0 Å². The van der Waals surface area contributed by atoms with Gasteiger partial charge in [-0.2, -0.15) is 5.10 Å². The highest BCUT2D eigenvalue weighted by atomic mass is 127. The van der Waals surface area contributed by atoms with Gasteiger partial charge in [-0.3, -0.25) is 4.68 Å². The van der Waals surface area contributed by atoms with E-state index >= 15 is 0 Å². The van der Waals surface area contributed by atoms with Crippen molar-refractivity contribution >= 4 is 32.6 Å². The van der Waals surface area contributed by atoms with Gasteiger partial charge in [-0.1, -0.05) is 29.0 Å². The second kappa shape index (κ2) is 6.55. The fourth-order valence-electron chi connectivity index (χ4n) is 1.22. The lowest BCUT2D eigenvalue weighted by Crippen LogP contribution is -2.24. The summed E-state index contributed by atoms with van der Waals surface area (Å²) in [4.78, 5) is 0.226. The molecule has 0 radical (unpaired) electrons. The van der Waals surface area contributed by atoms with Crippen LogP contribution in [-0.2, 0) is 17.1 Å². The SMILES string of the molecule is Cn1cc(S(=O)(=O)NCCCCCI)cn1. The van der Waals surface area contributed by atoms with Crippen LogP contribution in [0.15, 0.2) is 17.3 Å². The molecule has 92 valence electrons. The molecule has 0 aliphatic carbocycles. The summed E-state index contributed by atoms with van der Waals surface area (Å²) in [7, 11) is -1.67. The maximum absolute atomic E-state index is 11.7. The third-order valence-corrected chi connectivity index (χ3v) is 4.27. The number of aromatic nitrogens is 2. The van der Waals surface area contributed by atoms with Gasteiger partial charge in [0, 0.05) is 19.8 Å². The summed E-state index contributed by atoms with van der Waals surface area (Å²) in [5.41, 5.74) is 0. The Balaban J connectivity index is 2.41. The third-order valence-electron chi connectivity index (χ3n) is 2.09. The summed E-state index contributed by atoms with van der Waals surface area (Å²) in [5.74, 6) is 0. The summed E-state index contributed by atoms with van der Waals surface area (Å²) < 4.78 is 28.6. The molecule has 1 heterocycles. The average molecular weight is 357 g/mol. The van der Waals surface area contributed by atoms with Crippen molar-refractivity contribution in [2.75, 3.05) is 11.0 Å². The number of aryl methyl sites for hydroxylation is 1. The Hall–Kier alpha value is -0.150. The first-order valence-corrected chi connectivity index (χ1v) is 8.11. The van der Waals surface area contributed by atoms with Crippen molar-refractivity contribution in [3.63, 3.8) is 0 Å². The molecule has 0 aliphatic rings. The smallest absolute Gasteiger partial charge is 0.243 e. The Kier molecular flexibility index (Phi) is 5.70. The molecule has 0 aromatic carbocycles. The monoisotopic (exact) mass is 357 g/mol. The number of hydrogen-bond acceptors (Lipinski definition) is 3. The predicted octanol–water partition coefficient (Wildman–Crippen LogP) is 1.30. The zero-order valence-electron chi connectivity index (χ0n) is 9.19. The molecule has 0 fully saturated rings. The molecule has 0 atom stereocenters. The Morgan fingerprint density at radius 3 is 2.75 bits per heavy atom. The molecular weight excluding hydrogens is 341 g/mol. The molecule has 7 heteroatoms. The highest BCUT2D eigenvalue weighted by Crippen LogP contribution is 2.06. The Morgan fingerprint density at radius 1 is 1.44 bits per heavy atom. The number of nitrogens with one attached hydrogen (secondary N) is 1. The lowest BCUT2D eigenvalue weighted by atomic mass is 10.3. The van der Waals surface area contributed by atoms with Crippen molar-refractivity contribution in [3.8, 4) is 0 Å². The quantitative estimate of drug-likeness (QED) is 0.455. The molecular formula is C9H16IN3O2S. The topological polar surface area (TPSA) is 64.0 Å². The molecule has 0 amide bonds. The molecule has 16 heavy (non-hydrogen) atoms.